The number of aliphatic hydroxyl groups is 1. The van der Waals surface area contributed by atoms with Crippen molar-refractivity contribution in [3.05, 3.63) is 17.7 Å². The fourth-order valence-corrected chi connectivity index (χ4v) is 2.57. The summed E-state index contributed by atoms with van der Waals surface area (Å²) in [5.41, 5.74) is 2.13. The number of aliphatic hydroxyl groups excluding tert-OH is 1. The Kier molecular flexibility index (Phi) is 4.20. The molecule has 0 amide bonds. The lowest BCUT2D eigenvalue weighted by atomic mass is 9.69. The Morgan fingerprint density at radius 2 is 2.00 bits per heavy atom. The van der Waals surface area contributed by atoms with Gasteiger partial charge >= 0.3 is 0 Å². The van der Waals surface area contributed by atoms with Gasteiger partial charge in [-0.1, -0.05) is 6.42 Å². The third-order valence-corrected chi connectivity index (χ3v) is 4.12. The number of methoxy groups -OCH3 is 2. The first-order valence-electron chi connectivity index (χ1n) is 6.71. The Morgan fingerprint density at radius 3 is 2.47 bits per heavy atom. The lowest BCUT2D eigenvalue weighted by Crippen LogP contribution is -2.40. The maximum absolute atomic E-state index is 9.50. The van der Waals surface area contributed by atoms with Crippen LogP contribution in [-0.2, 0) is 0 Å². The van der Waals surface area contributed by atoms with Gasteiger partial charge in [-0.25, -0.2) is 0 Å². The van der Waals surface area contributed by atoms with Crippen LogP contribution in [-0.4, -0.2) is 32.5 Å². The first kappa shape index (κ1) is 14.0. The predicted molar refractivity (Wildman–Crippen MR) is 76.1 cm³/mol. The molecule has 2 N–H and O–H groups in total. The van der Waals surface area contributed by atoms with Gasteiger partial charge in [0.2, 0.25) is 0 Å². The highest BCUT2D eigenvalue weighted by atomic mass is 16.5. The van der Waals surface area contributed by atoms with Crippen molar-refractivity contribution in [1.82, 2.24) is 0 Å². The average Bonchev–Trinajstić information content (AvgIpc) is 2.38. The smallest absolute Gasteiger partial charge is 0.145 e. The number of hydrogen-bond donors (Lipinski definition) is 2. The Labute approximate surface area is 114 Å². The van der Waals surface area contributed by atoms with Crippen LogP contribution in [0.15, 0.2) is 12.1 Å². The van der Waals surface area contributed by atoms with Crippen LogP contribution < -0.4 is 14.8 Å². The summed E-state index contributed by atoms with van der Waals surface area (Å²) in [6.07, 6.45) is 3.39. The zero-order valence-corrected chi connectivity index (χ0v) is 12.0. The lowest BCUT2D eigenvalue weighted by molar-refractivity contribution is 0.0576. The molecule has 1 saturated carbocycles. The standard InChI is InChI=1S/C15H23NO3/c1-11-7-12(18-2)8-13(19-3)14(11)16-9-15(10-17)5-4-6-15/h7-8,16-17H,4-6,9-10H2,1-3H3. The van der Waals surface area contributed by atoms with E-state index in [4.69, 9.17) is 9.47 Å². The van der Waals surface area contributed by atoms with Crippen LogP contribution in [0.2, 0.25) is 0 Å². The minimum Gasteiger partial charge on any atom is -0.497 e. The van der Waals surface area contributed by atoms with Gasteiger partial charge in [0, 0.05) is 18.0 Å². The van der Waals surface area contributed by atoms with Gasteiger partial charge < -0.3 is 19.9 Å². The van der Waals surface area contributed by atoms with E-state index in [0.29, 0.717) is 0 Å². The summed E-state index contributed by atoms with van der Waals surface area (Å²) >= 11 is 0. The maximum Gasteiger partial charge on any atom is 0.145 e. The minimum absolute atomic E-state index is 0.0530. The summed E-state index contributed by atoms with van der Waals surface area (Å²) < 4.78 is 10.7. The van der Waals surface area contributed by atoms with Crippen molar-refractivity contribution < 1.29 is 14.6 Å². The van der Waals surface area contributed by atoms with E-state index in [1.807, 2.05) is 19.1 Å². The Bertz CT molecular complexity index is 436. The number of benzene rings is 1. The van der Waals surface area contributed by atoms with Crippen molar-refractivity contribution in [2.24, 2.45) is 5.41 Å². The number of ether oxygens (including phenoxy) is 2. The SMILES string of the molecule is COc1cc(C)c(NCC2(CO)CCC2)c(OC)c1. The molecule has 1 aromatic rings. The first-order chi connectivity index (χ1) is 9.14. The fourth-order valence-electron chi connectivity index (χ4n) is 2.57. The molecule has 19 heavy (non-hydrogen) atoms. The first-order valence-corrected chi connectivity index (χ1v) is 6.71. The van der Waals surface area contributed by atoms with Crippen molar-refractivity contribution in [3.8, 4) is 11.5 Å². The van der Waals surface area contributed by atoms with Crippen LogP contribution in [0.3, 0.4) is 0 Å². The normalized spacial score (nSPS) is 16.6. The number of hydrogen-bond acceptors (Lipinski definition) is 4. The lowest BCUT2D eigenvalue weighted by Gasteiger charge is -2.40. The second-order valence-electron chi connectivity index (χ2n) is 5.39. The highest BCUT2D eigenvalue weighted by Crippen LogP contribution is 2.41. The summed E-state index contributed by atoms with van der Waals surface area (Å²) in [5.74, 6) is 1.57. The van der Waals surface area contributed by atoms with Crippen LogP contribution in [0, 0.1) is 12.3 Å². The number of rotatable bonds is 6. The van der Waals surface area contributed by atoms with E-state index in [2.05, 4.69) is 5.32 Å². The topological polar surface area (TPSA) is 50.7 Å². The molecule has 0 atom stereocenters. The summed E-state index contributed by atoms with van der Waals surface area (Å²) in [4.78, 5) is 0. The minimum atomic E-state index is 0.0530. The highest BCUT2D eigenvalue weighted by molar-refractivity contribution is 5.64. The number of aryl methyl sites for hydroxylation is 1. The van der Waals surface area contributed by atoms with Crippen LogP contribution >= 0.6 is 0 Å². The zero-order chi connectivity index (χ0) is 13.9. The molecule has 0 saturated heterocycles. The molecule has 0 heterocycles. The predicted octanol–water partition coefficient (Wildman–Crippen LogP) is 2.59. The zero-order valence-electron chi connectivity index (χ0n) is 12.0. The van der Waals surface area contributed by atoms with Gasteiger partial charge in [-0.15, -0.1) is 0 Å². The molecule has 1 aromatic carbocycles. The van der Waals surface area contributed by atoms with E-state index in [9.17, 15) is 5.11 Å². The summed E-state index contributed by atoms with van der Waals surface area (Å²) in [7, 11) is 3.31. The summed E-state index contributed by atoms with van der Waals surface area (Å²) in [6.45, 7) is 3.06. The third kappa shape index (κ3) is 2.78. The molecule has 1 aliphatic carbocycles. The monoisotopic (exact) mass is 265 g/mol. The van der Waals surface area contributed by atoms with Gasteiger partial charge in [-0.3, -0.25) is 0 Å². The second-order valence-corrected chi connectivity index (χ2v) is 5.39. The third-order valence-electron chi connectivity index (χ3n) is 4.12. The molecule has 4 nitrogen and oxygen atoms in total. The molecule has 1 aliphatic rings. The molecule has 0 unspecified atom stereocenters. The molecule has 0 aliphatic heterocycles. The Balaban J connectivity index is 2.15. The van der Waals surface area contributed by atoms with Crippen LogP contribution in [0.1, 0.15) is 24.8 Å². The fraction of sp³-hybridized carbons (Fsp3) is 0.600. The maximum atomic E-state index is 9.50. The van der Waals surface area contributed by atoms with Gasteiger partial charge in [0.1, 0.15) is 11.5 Å². The van der Waals surface area contributed by atoms with Crippen LogP contribution in [0.4, 0.5) is 5.69 Å². The van der Waals surface area contributed by atoms with Gasteiger partial charge in [0.15, 0.2) is 0 Å². The molecular weight excluding hydrogens is 242 g/mol. The van der Waals surface area contributed by atoms with E-state index in [-0.39, 0.29) is 12.0 Å². The molecule has 0 aromatic heterocycles. The molecular formula is C15H23NO3. The largest absolute Gasteiger partial charge is 0.497 e. The van der Waals surface area contributed by atoms with Crippen molar-refractivity contribution in [2.75, 3.05) is 32.7 Å². The van der Waals surface area contributed by atoms with Gasteiger partial charge in [-0.05, 0) is 31.4 Å². The van der Waals surface area contributed by atoms with E-state index < -0.39 is 0 Å². The molecule has 4 heteroatoms. The van der Waals surface area contributed by atoms with Gasteiger partial charge in [-0.2, -0.15) is 0 Å². The number of nitrogens with one attached hydrogen (secondary N) is 1. The van der Waals surface area contributed by atoms with Crippen molar-refractivity contribution in [3.63, 3.8) is 0 Å². The second kappa shape index (κ2) is 5.70. The Morgan fingerprint density at radius 1 is 1.26 bits per heavy atom. The van der Waals surface area contributed by atoms with E-state index in [1.54, 1.807) is 14.2 Å². The van der Waals surface area contributed by atoms with Crippen molar-refractivity contribution >= 4 is 5.69 Å². The van der Waals surface area contributed by atoms with Crippen LogP contribution in [0.25, 0.3) is 0 Å². The van der Waals surface area contributed by atoms with Gasteiger partial charge in [0.05, 0.1) is 26.5 Å². The average molecular weight is 265 g/mol. The van der Waals surface area contributed by atoms with E-state index in [1.165, 1.54) is 6.42 Å². The van der Waals surface area contributed by atoms with E-state index >= 15 is 0 Å². The molecule has 2 rings (SSSR count). The molecule has 0 spiro atoms. The number of anilines is 1. The molecule has 106 valence electrons. The highest BCUT2D eigenvalue weighted by Gasteiger charge is 2.36. The van der Waals surface area contributed by atoms with E-state index in [0.717, 1.165) is 42.1 Å². The quantitative estimate of drug-likeness (QED) is 0.830. The van der Waals surface area contributed by atoms with Crippen molar-refractivity contribution in [2.45, 2.75) is 26.2 Å². The molecule has 0 radical (unpaired) electrons. The summed E-state index contributed by atoms with van der Waals surface area (Å²) in [5, 5.41) is 12.9. The Hall–Kier alpha value is -1.42. The van der Waals surface area contributed by atoms with Gasteiger partial charge in [0.25, 0.3) is 0 Å². The van der Waals surface area contributed by atoms with Crippen molar-refractivity contribution in [1.29, 1.82) is 0 Å². The van der Waals surface area contributed by atoms with Crippen LogP contribution in [0.5, 0.6) is 11.5 Å². The molecule has 1 fully saturated rings. The summed E-state index contributed by atoms with van der Waals surface area (Å²) in [6, 6.07) is 3.86. The molecule has 0 bridgehead atoms.